The smallest absolute Gasteiger partial charge is 0.234 e. The van der Waals surface area contributed by atoms with E-state index < -0.39 is 5.60 Å². The molecule has 1 atom stereocenters. The Morgan fingerprint density at radius 1 is 1.53 bits per heavy atom. The van der Waals surface area contributed by atoms with E-state index in [0.717, 1.165) is 25.9 Å². The highest BCUT2D eigenvalue weighted by Gasteiger charge is 2.36. The second kappa shape index (κ2) is 5.83. The van der Waals surface area contributed by atoms with Crippen molar-refractivity contribution in [2.24, 2.45) is 5.92 Å². The first-order chi connectivity index (χ1) is 7.80. The Balaban J connectivity index is 2.42. The maximum atomic E-state index is 11.7. The minimum atomic E-state index is -0.727. The summed E-state index contributed by atoms with van der Waals surface area (Å²) in [6, 6.07) is 0.104. The van der Waals surface area contributed by atoms with Gasteiger partial charge in [-0.05, 0) is 39.2 Å². The van der Waals surface area contributed by atoms with Crippen LogP contribution in [0.5, 0.6) is 0 Å². The average molecular weight is 242 g/mol. The van der Waals surface area contributed by atoms with Crippen LogP contribution in [0.15, 0.2) is 0 Å². The van der Waals surface area contributed by atoms with Crippen molar-refractivity contribution in [1.29, 1.82) is 0 Å². The largest absolute Gasteiger partial charge is 0.389 e. The number of aliphatic hydroxyl groups is 1. The van der Waals surface area contributed by atoms with E-state index in [1.165, 1.54) is 0 Å². The van der Waals surface area contributed by atoms with Crippen LogP contribution in [0.25, 0.3) is 0 Å². The van der Waals surface area contributed by atoms with Crippen molar-refractivity contribution in [2.75, 3.05) is 19.6 Å². The van der Waals surface area contributed by atoms with Gasteiger partial charge in [-0.1, -0.05) is 13.8 Å². The van der Waals surface area contributed by atoms with E-state index in [9.17, 15) is 9.90 Å². The van der Waals surface area contributed by atoms with E-state index in [-0.39, 0.29) is 11.9 Å². The Morgan fingerprint density at radius 2 is 2.18 bits per heavy atom. The standard InChI is InChI=1S/C13H26N2O2/c1-10(2)8-14-12(16)9-15-7-5-6-11(15)13(3,4)17/h10-11,17H,5-9H2,1-4H3,(H,14,16). The van der Waals surface area contributed by atoms with Crippen molar-refractivity contribution < 1.29 is 9.90 Å². The summed E-state index contributed by atoms with van der Waals surface area (Å²) in [5.41, 5.74) is -0.727. The Hall–Kier alpha value is -0.610. The molecule has 1 fully saturated rings. The Labute approximate surface area is 104 Å². The van der Waals surface area contributed by atoms with Gasteiger partial charge in [-0.25, -0.2) is 0 Å². The highest BCUT2D eigenvalue weighted by Crippen LogP contribution is 2.26. The summed E-state index contributed by atoms with van der Waals surface area (Å²) < 4.78 is 0. The lowest BCUT2D eigenvalue weighted by molar-refractivity contribution is -0.123. The summed E-state index contributed by atoms with van der Waals surface area (Å²) in [5.74, 6) is 0.539. The molecule has 0 spiro atoms. The first kappa shape index (κ1) is 14.5. The molecule has 1 heterocycles. The SMILES string of the molecule is CC(C)CNC(=O)CN1CCCC1C(C)(C)O. The molecule has 0 aromatic carbocycles. The van der Waals surface area contributed by atoms with Gasteiger partial charge in [-0.3, -0.25) is 9.69 Å². The molecule has 1 aliphatic heterocycles. The highest BCUT2D eigenvalue weighted by molar-refractivity contribution is 5.78. The maximum Gasteiger partial charge on any atom is 0.234 e. The van der Waals surface area contributed by atoms with Crippen LogP contribution >= 0.6 is 0 Å². The minimum absolute atomic E-state index is 0.0647. The second-order valence-corrected chi connectivity index (χ2v) is 5.98. The van der Waals surface area contributed by atoms with E-state index in [4.69, 9.17) is 0 Å². The van der Waals surface area contributed by atoms with Crippen molar-refractivity contribution in [3.63, 3.8) is 0 Å². The van der Waals surface area contributed by atoms with E-state index in [1.807, 2.05) is 13.8 Å². The second-order valence-electron chi connectivity index (χ2n) is 5.98. The molecule has 17 heavy (non-hydrogen) atoms. The molecule has 4 nitrogen and oxygen atoms in total. The summed E-state index contributed by atoms with van der Waals surface area (Å²) in [6.07, 6.45) is 2.03. The Morgan fingerprint density at radius 3 is 2.71 bits per heavy atom. The normalized spacial score (nSPS) is 22.1. The van der Waals surface area contributed by atoms with Crippen molar-refractivity contribution in [3.05, 3.63) is 0 Å². The van der Waals surface area contributed by atoms with E-state index >= 15 is 0 Å². The van der Waals surface area contributed by atoms with Crippen LogP contribution < -0.4 is 5.32 Å². The molecular weight excluding hydrogens is 216 g/mol. The number of hydrogen-bond donors (Lipinski definition) is 2. The molecule has 1 aliphatic rings. The predicted molar refractivity (Wildman–Crippen MR) is 68.7 cm³/mol. The van der Waals surface area contributed by atoms with Crippen LogP contribution in [0.3, 0.4) is 0 Å². The fourth-order valence-corrected chi connectivity index (χ4v) is 2.37. The zero-order chi connectivity index (χ0) is 13.1. The molecule has 1 amide bonds. The van der Waals surface area contributed by atoms with E-state index in [1.54, 1.807) is 0 Å². The van der Waals surface area contributed by atoms with Crippen LogP contribution in [0, 0.1) is 5.92 Å². The third kappa shape index (κ3) is 4.64. The summed E-state index contributed by atoms with van der Waals surface area (Å²) in [7, 11) is 0. The molecule has 100 valence electrons. The maximum absolute atomic E-state index is 11.7. The lowest BCUT2D eigenvalue weighted by Gasteiger charge is -2.33. The van der Waals surface area contributed by atoms with Gasteiger partial charge in [0.05, 0.1) is 12.1 Å². The van der Waals surface area contributed by atoms with Gasteiger partial charge in [0.1, 0.15) is 0 Å². The van der Waals surface area contributed by atoms with Gasteiger partial charge in [0.2, 0.25) is 5.91 Å². The number of carbonyl (C=O) groups excluding carboxylic acids is 1. The number of carbonyl (C=O) groups is 1. The Kier molecular flexibility index (Phi) is 4.95. The van der Waals surface area contributed by atoms with Crippen LogP contribution in [0.2, 0.25) is 0 Å². The van der Waals surface area contributed by atoms with Gasteiger partial charge >= 0.3 is 0 Å². The lowest BCUT2D eigenvalue weighted by atomic mass is 9.97. The van der Waals surface area contributed by atoms with Crippen molar-refractivity contribution >= 4 is 5.91 Å². The third-order valence-electron chi connectivity index (χ3n) is 3.23. The molecule has 0 aliphatic carbocycles. The van der Waals surface area contributed by atoms with Crippen molar-refractivity contribution in [1.82, 2.24) is 10.2 Å². The molecule has 1 saturated heterocycles. The molecular formula is C13H26N2O2. The molecule has 0 radical (unpaired) electrons. The van der Waals surface area contributed by atoms with Crippen molar-refractivity contribution in [3.8, 4) is 0 Å². The molecule has 1 unspecified atom stereocenters. The fourth-order valence-electron chi connectivity index (χ4n) is 2.37. The molecule has 1 rings (SSSR count). The van der Waals surface area contributed by atoms with Gasteiger partial charge < -0.3 is 10.4 Å². The average Bonchev–Trinajstić information content (AvgIpc) is 2.62. The predicted octanol–water partition coefficient (Wildman–Crippen LogP) is 0.994. The van der Waals surface area contributed by atoms with Gasteiger partial charge in [0, 0.05) is 12.6 Å². The number of nitrogens with one attached hydrogen (secondary N) is 1. The number of rotatable bonds is 5. The third-order valence-corrected chi connectivity index (χ3v) is 3.23. The zero-order valence-corrected chi connectivity index (χ0v) is 11.5. The monoisotopic (exact) mass is 242 g/mol. The molecule has 0 aromatic heterocycles. The molecule has 0 aromatic rings. The summed E-state index contributed by atoms with van der Waals surface area (Å²) in [4.78, 5) is 13.8. The molecule has 2 N–H and O–H groups in total. The summed E-state index contributed by atoms with van der Waals surface area (Å²) in [6.45, 7) is 9.83. The number of nitrogens with zero attached hydrogens (tertiary/aromatic N) is 1. The fraction of sp³-hybridized carbons (Fsp3) is 0.923. The number of amides is 1. The molecule has 4 heteroatoms. The minimum Gasteiger partial charge on any atom is -0.389 e. The Bertz CT molecular complexity index is 259. The van der Waals surface area contributed by atoms with Gasteiger partial charge in [-0.15, -0.1) is 0 Å². The van der Waals surface area contributed by atoms with Crippen LogP contribution in [0.1, 0.15) is 40.5 Å². The lowest BCUT2D eigenvalue weighted by Crippen LogP contribution is -2.49. The molecule has 0 saturated carbocycles. The van der Waals surface area contributed by atoms with Crippen LogP contribution in [-0.4, -0.2) is 47.2 Å². The van der Waals surface area contributed by atoms with E-state index in [0.29, 0.717) is 12.5 Å². The topological polar surface area (TPSA) is 52.6 Å². The molecule has 0 bridgehead atoms. The highest BCUT2D eigenvalue weighted by atomic mass is 16.3. The zero-order valence-electron chi connectivity index (χ0n) is 11.5. The quantitative estimate of drug-likeness (QED) is 0.756. The number of hydrogen-bond acceptors (Lipinski definition) is 3. The van der Waals surface area contributed by atoms with Gasteiger partial charge in [0.15, 0.2) is 0 Å². The summed E-state index contributed by atoms with van der Waals surface area (Å²) >= 11 is 0. The van der Waals surface area contributed by atoms with Crippen LogP contribution in [0.4, 0.5) is 0 Å². The van der Waals surface area contributed by atoms with Gasteiger partial charge in [-0.2, -0.15) is 0 Å². The van der Waals surface area contributed by atoms with Gasteiger partial charge in [0.25, 0.3) is 0 Å². The van der Waals surface area contributed by atoms with E-state index in [2.05, 4.69) is 24.1 Å². The summed E-state index contributed by atoms with van der Waals surface area (Å²) in [5, 5.41) is 13.0. The first-order valence-corrected chi connectivity index (χ1v) is 6.54. The number of likely N-dealkylation sites (tertiary alicyclic amines) is 1. The van der Waals surface area contributed by atoms with Crippen molar-refractivity contribution in [2.45, 2.75) is 52.2 Å². The first-order valence-electron chi connectivity index (χ1n) is 6.54. The van der Waals surface area contributed by atoms with Crippen LogP contribution in [-0.2, 0) is 4.79 Å².